The number of aromatic nitrogens is 1. The van der Waals surface area contributed by atoms with Crippen LogP contribution in [0.3, 0.4) is 0 Å². The second-order valence-electron chi connectivity index (χ2n) is 4.78. The molecule has 0 unspecified atom stereocenters. The highest BCUT2D eigenvalue weighted by Crippen LogP contribution is 2.14. The van der Waals surface area contributed by atoms with Gasteiger partial charge in [-0.2, -0.15) is 0 Å². The minimum absolute atomic E-state index is 0.210. The summed E-state index contributed by atoms with van der Waals surface area (Å²) in [7, 11) is -0.376. The highest BCUT2D eigenvalue weighted by molar-refractivity contribution is 7.89. The molecule has 0 bridgehead atoms. The third kappa shape index (κ3) is 3.96. The fraction of sp³-hybridized carbons (Fsp3) is 0.583. The molecule has 0 fully saturated rings. The Labute approximate surface area is 109 Å². The Morgan fingerprint density at radius 1 is 1.33 bits per heavy atom. The van der Waals surface area contributed by atoms with Crippen molar-refractivity contribution in [3.05, 3.63) is 18.3 Å². The van der Waals surface area contributed by atoms with Crippen molar-refractivity contribution in [2.24, 2.45) is 5.92 Å². The molecule has 0 radical (unpaired) electrons. The van der Waals surface area contributed by atoms with Crippen LogP contribution in [0.2, 0.25) is 0 Å². The zero-order chi connectivity index (χ0) is 13.8. The van der Waals surface area contributed by atoms with Crippen LogP contribution in [-0.2, 0) is 10.0 Å². The van der Waals surface area contributed by atoms with E-state index in [1.165, 1.54) is 24.6 Å². The van der Waals surface area contributed by atoms with E-state index in [0.717, 1.165) is 13.0 Å². The fourth-order valence-electron chi connectivity index (χ4n) is 1.34. The van der Waals surface area contributed by atoms with Crippen LogP contribution in [0.15, 0.2) is 23.2 Å². The first-order valence-electron chi connectivity index (χ1n) is 5.96. The number of hydrogen-bond donors (Lipinski definition) is 1. The van der Waals surface area contributed by atoms with E-state index in [1.54, 1.807) is 12.1 Å². The molecule has 0 spiro atoms. The van der Waals surface area contributed by atoms with Gasteiger partial charge in [0, 0.05) is 26.8 Å². The van der Waals surface area contributed by atoms with Crippen LogP contribution >= 0.6 is 0 Å². The molecule has 1 N–H and O–H groups in total. The van der Waals surface area contributed by atoms with Gasteiger partial charge >= 0.3 is 0 Å². The summed E-state index contributed by atoms with van der Waals surface area (Å²) in [6.45, 7) is 5.15. The number of anilines is 1. The monoisotopic (exact) mass is 271 g/mol. The molecule has 5 nitrogen and oxygen atoms in total. The molecule has 6 heteroatoms. The van der Waals surface area contributed by atoms with Crippen molar-refractivity contribution < 1.29 is 8.42 Å². The lowest BCUT2D eigenvalue weighted by Crippen LogP contribution is -2.22. The summed E-state index contributed by atoms with van der Waals surface area (Å²) in [5.74, 6) is 1.33. The van der Waals surface area contributed by atoms with Crippen LogP contribution in [0.1, 0.15) is 20.3 Å². The minimum Gasteiger partial charge on any atom is -0.370 e. The maximum atomic E-state index is 11.8. The zero-order valence-corrected chi connectivity index (χ0v) is 12.2. The largest absolute Gasteiger partial charge is 0.370 e. The zero-order valence-electron chi connectivity index (χ0n) is 11.3. The molecule has 0 aliphatic carbocycles. The second kappa shape index (κ2) is 6.15. The maximum Gasteiger partial charge on any atom is 0.244 e. The fourth-order valence-corrected chi connectivity index (χ4v) is 2.18. The molecule has 0 saturated carbocycles. The van der Waals surface area contributed by atoms with Gasteiger partial charge in [0.2, 0.25) is 10.0 Å². The summed E-state index contributed by atoms with van der Waals surface area (Å²) in [6.07, 6.45) is 2.44. The van der Waals surface area contributed by atoms with Crippen molar-refractivity contribution in [3.63, 3.8) is 0 Å². The smallest absolute Gasteiger partial charge is 0.244 e. The lowest BCUT2D eigenvalue weighted by atomic mass is 10.1. The summed E-state index contributed by atoms with van der Waals surface area (Å²) < 4.78 is 24.8. The SMILES string of the molecule is CC(C)CCNc1ccc(S(=O)(=O)N(C)C)cn1. The normalized spacial score (nSPS) is 12.1. The Morgan fingerprint density at radius 2 is 2.00 bits per heavy atom. The van der Waals surface area contributed by atoms with Gasteiger partial charge in [-0.25, -0.2) is 17.7 Å². The van der Waals surface area contributed by atoms with E-state index in [0.29, 0.717) is 11.7 Å². The Bertz CT molecular complexity index is 467. The summed E-state index contributed by atoms with van der Waals surface area (Å²) >= 11 is 0. The predicted molar refractivity (Wildman–Crippen MR) is 73.1 cm³/mol. The Balaban J connectivity index is 2.69. The summed E-state index contributed by atoms with van der Waals surface area (Å²) in [4.78, 5) is 4.32. The molecule has 1 aromatic heterocycles. The van der Waals surface area contributed by atoms with E-state index in [4.69, 9.17) is 0 Å². The second-order valence-corrected chi connectivity index (χ2v) is 6.93. The Morgan fingerprint density at radius 3 is 2.44 bits per heavy atom. The van der Waals surface area contributed by atoms with Gasteiger partial charge in [-0.1, -0.05) is 13.8 Å². The van der Waals surface area contributed by atoms with Crippen LogP contribution in [0.4, 0.5) is 5.82 Å². The first kappa shape index (κ1) is 14.9. The third-order valence-electron chi connectivity index (χ3n) is 2.54. The molecule has 0 aliphatic rings. The standard InChI is InChI=1S/C12H21N3O2S/c1-10(2)7-8-13-12-6-5-11(9-14-12)18(16,17)15(3)4/h5-6,9-10H,7-8H2,1-4H3,(H,13,14). The van der Waals surface area contributed by atoms with Crippen molar-refractivity contribution in [2.45, 2.75) is 25.2 Å². The first-order valence-corrected chi connectivity index (χ1v) is 7.40. The van der Waals surface area contributed by atoms with Crippen LogP contribution in [0, 0.1) is 5.92 Å². The van der Waals surface area contributed by atoms with E-state index in [-0.39, 0.29) is 4.90 Å². The molecule has 0 saturated heterocycles. The minimum atomic E-state index is -3.38. The highest BCUT2D eigenvalue weighted by Gasteiger charge is 2.17. The molecule has 18 heavy (non-hydrogen) atoms. The molecule has 1 rings (SSSR count). The summed E-state index contributed by atoms with van der Waals surface area (Å²) in [5.41, 5.74) is 0. The van der Waals surface area contributed by atoms with Gasteiger partial charge in [0.25, 0.3) is 0 Å². The summed E-state index contributed by atoms with van der Waals surface area (Å²) in [5, 5.41) is 3.16. The molecule has 1 heterocycles. The average Bonchev–Trinajstić information content (AvgIpc) is 2.29. The average molecular weight is 271 g/mol. The van der Waals surface area contributed by atoms with Crippen LogP contribution in [0.25, 0.3) is 0 Å². The lowest BCUT2D eigenvalue weighted by Gasteiger charge is -2.12. The van der Waals surface area contributed by atoms with Crippen molar-refractivity contribution in [1.29, 1.82) is 0 Å². The number of nitrogens with zero attached hydrogens (tertiary/aromatic N) is 2. The third-order valence-corrected chi connectivity index (χ3v) is 4.34. The number of sulfonamides is 1. The molecule has 0 aliphatic heterocycles. The van der Waals surface area contributed by atoms with E-state index in [1.807, 2.05) is 0 Å². The van der Waals surface area contributed by atoms with Crippen LogP contribution in [-0.4, -0.2) is 38.3 Å². The van der Waals surface area contributed by atoms with E-state index < -0.39 is 10.0 Å². The van der Waals surface area contributed by atoms with Crippen molar-refractivity contribution in [3.8, 4) is 0 Å². The van der Waals surface area contributed by atoms with Gasteiger partial charge in [0.15, 0.2) is 0 Å². The quantitative estimate of drug-likeness (QED) is 0.857. The maximum absolute atomic E-state index is 11.8. The molecule has 102 valence electrons. The molecule has 0 aromatic carbocycles. The number of nitrogens with one attached hydrogen (secondary N) is 1. The number of rotatable bonds is 6. The molecule has 1 aromatic rings. The Hall–Kier alpha value is -1.14. The predicted octanol–water partition coefficient (Wildman–Crippen LogP) is 1.79. The lowest BCUT2D eigenvalue weighted by molar-refractivity contribution is 0.520. The number of hydrogen-bond acceptors (Lipinski definition) is 4. The van der Waals surface area contributed by atoms with E-state index in [2.05, 4.69) is 24.1 Å². The highest BCUT2D eigenvalue weighted by atomic mass is 32.2. The molecular weight excluding hydrogens is 250 g/mol. The van der Waals surface area contributed by atoms with Crippen LogP contribution < -0.4 is 5.32 Å². The van der Waals surface area contributed by atoms with Gasteiger partial charge in [-0.05, 0) is 24.5 Å². The first-order chi connectivity index (χ1) is 8.34. The van der Waals surface area contributed by atoms with Gasteiger partial charge in [0.05, 0.1) is 0 Å². The molecule has 0 atom stereocenters. The summed E-state index contributed by atoms with van der Waals surface area (Å²) in [6, 6.07) is 3.26. The van der Waals surface area contributed by atoms with Crippen molar-refractivity contribution >= 4 is 15.8 Å². The van der Waals surface area contributed by atoms with E-state index in [9.17, 15) is 8.42 Å². The van der Waals surface area contributed by atoms with Crippen molar-refractivity contribution in [2.75, 3.05) is 26.0 Å². The van der Waals surface area contributed by atoms with Gasteiger partial charge in [-0.15, -0.1) is 0 Å². The van der Waals surface area contributed by atoms with Crippen molar-refractivity contribution in [1.82, 2.24) is 9.29 Å². The van der Waals surface area contributed by atoms with Gasteiger partial charge < -0.3 is 5.32 Å². The van der Waals surface area contributed by atoms with Crippen LogP contribution in [0.5, 0.6) is 0 Å². The molecular formula is C12H21N3O2S. The van der Waals surface area contributed by atoms with E-state index >= 15 is 0 Å². The Kier molecular flexibility index (Phi) is 5.10. The van der Waals surface area contributed by atoms with Gasteiger partial charge in [0.1, 0.15) is 10.7 Å². The number of pyridine rings is 1. The van der Waals surface area contributed by atoms with Gasteiger partial charge in [-0.3, -0.25) is 0 Å². The topological polar surface area (TPSA) is 62.3 Å². The molecule has 0 amide bonds.